The first-order valence-electron chi connectivity index (χ1n) is 2.71. The van der Waals surface area contributed by atoms with Gasteiger partial charge in [0.2, 0.25) is 0 Å². The van der Waals surface area contributed by atoms with Gasteiger partial charge in [0, 0.05) is 7.05 Å². The van der Waals surface area contributed by atoms with E-state index >= 15 is 0 Å². The Hall–Kier alpha value is -0.740. The van der Waals surface area contributed by atoms with Gasteiger partial charge in [0.25, 0.3) is 0 Å². The van der Waals surface area contributed by atoms with Crippen LogP contribution in [0.15, 0.2) is 11.2 Å². The minimum atomic E-state index is -0.928. The molecular weight excluding hydrogens is 156 g/mol. The average Bonchev–Trinajstić information content (AvgIpc) is 2.13. The van der Waals surface area contributed by atoms with Crippen LogP contribution in [0, 0.1) is 0 Å². The van der Waals surface area contributed by atoms with Gasteiger partial charge in [-0.3, -0.25) is 4.79 Å². The van der Waals surface area contributed by atoms with E-state index in [0.29, 0.717) is 5.16 Å². The van der Waals surface area contributed by atoms with Crippen LogP contribution in [0.4, 0.5) is 0 Å². The molecule has 1 aliphatic rings. The average molecular weight is 163 g/mol. The summed E-state index contributed by atoms with van der Waals surface area (Å²) in [5.41, 5.74) is 2.61. The molecule has 0 aromatic heterocycles. The summed E-state index contributed by atoms with van der Waals surface area (Å²) in [4.78, 5) is 10.3. The Morgan fingerprint density at radius 1 is 2.00 bits per heavy atom. The van der Waals surface area contributed by atoms with Crippen molar-refractivity contribution in [2.75, 3.05) is 7.05 Å². The summed E-state index contributed by atoms with van der Waals surface area (Å²) in [6, 6.07) is -0.683. The number of carboxylic acids is 1. The van der Waals surface area contributed by atoms with Crippen molar-refractivity contribution >= 4 is 17.6 Å². The number of halogens is 1. The molecule has 0 fully saturated rings. The highest BCUT2D eigenvalue weighted by Crippen LogP contribution is 2.12. The van der Waals surface area contributed by atoms with Crippen molar-refractivity contribution in [1.82, 2.24) is 10.4 Å². The number of nitrogens with zero attached hydrogens (tertiary/aromatic N) is 1. The molecule has 0 saturated carbocycles. The molecule has 0 aromatic rings. The summed E-state index contributed by atoms with van der Waals surface area (Å²) in [6.45, 7) is 0. The summed E-state index contributed by atoms with van der Waals surface area (Å²) < 4.78 is 0. The van der Waals surface area contributed by atoms with Crippen molar-refractivity contribution in [2.45, 2.75) is 6.04 Å². The number of aliphatic carboxylic acids is 1. The Bertz CT molecular complexity index is 192. The Kier molecular flexibility index (Phi) is 1.82. The first-order chi connectivity index (χ1) is 4.61. The van der Waals surface area contributed by atoms with Gasteiger partial charge in [-0.05, 0) is 6.08 Å². The van der Waals surface area contributed by atoms with E-state index in [-0.39, 0.29) is 0 Å². The van der Waals surface area contributed by atoms with E-state index in [9.17, 15) is 4.79 Å². The topological polar surface area (TPSA) is 52.6 Å². The molecule has 0 aromatic carbocycles. The summed E-state index contributed by atoms with van der Waals surface area (Å²) >= 11 is 5.56. The van der Waals surface area contributed by atoms with Crippen LogP contribution in [0.25, 0.3) is 0 Å². The van der Waals surface area contributed by atoms with Crippen LogP contribution in [0.2, 0.25) is 0 Å². The van der Waals surface area contributed by atoms with Crippen LogP contribution in [0.5, 0.6) is 0 Å². The molecule has 1 aliphatic heterocycles. The highest BCUT2D eigenvalue weighted by Gasteiger charge is 2.23. The van der Waals surface area contributed by atoms with Gasteiger partial charge in [-0.1, -0.05) is 11.6 Å². The van der Waals surface area contributed by atoms with Gasteiger partial charge in [-0.15, -0.1) is 0 Å². The third-order valence-corrected chi connectivity index (χ3v) is 1.60. The molecule has 5 heteroatoms. The molecule has 1 rings (SSSR count). The van der Waals surface area contributed by atoms with E-state index in [0.717, 1.165) is 0 Å². The first-order valence-corrected chi connectivity index (χ1v) is 3.09. The number of hydrogen-bond donors (Lipinski definition) is 2. The van der Waals surface area contributed by atoms with Crippen molar-refractivity contribution in [3.05, 3.63) is 11.2 Å². The second-order valence-corrected chi connectivity index (χ2v) is 2.38. The van der Waals surface area contributed by atoms with E-state index in [2.05, 4.69) is 5.43 Å². The summed E-state index contributed by atoms with van der Waals surface area (Å²) in [5.74, 6) is -0.928. The Balaban J connectivity index is 2.65. The molecular formula is C5H7ClN2O2. The lowest BCUT2D eigenvalue weighted by molar-refractivity contribution is -0.138. The smallest absolute Gasteiger partial charge is 0.326 e. The van der Waals surface area contributed by atoms with Crippen LogP contribution in [0.1, 0.15) is 0 Å². The standard InChI is InChI=1S/C5H7ClN2O2/c1-8-4(6)2-3(7-8)5(9)10/h2-3,7H,1H3,(H,9,10). The summed E-state index contributed by atoms with van der Waals surface area (Å²) in [6.07, 6.45) is 1.43. The lowest BCUT2D eigenvalue weighted by Gasteiger charge is -2.12. The Labute approximate surface area is 63.0 Å². The predicted molar refractivity (Wildman–Crippen MR) is 36.3 cm³/mol. The monoisotopic (exact) mass is 162 g/mol. The van der Waals surface area contributed by atoms with E-state index < -0.39 is 12.0 Å². The van der Waals surface area contributed by atoms with Gasteiger partial charge < -0.3 is 10.1 Å². The lowest BCUT2D eigenvalue weighted by atomic mass is 10.3. The normalized spacial score (nSPS) is 24.8. The third kappa shape index (κ3) is 1.22. The zero-order valence-corrected chi connectivity index (χ0v) is 6.09. The number of rotatable bonds is 1. The predicted octanol–water partition coefficient (Wildman–Crippen LogP) is -0.0302. The minimum absolute atomic E-state index is 0.410. The third-order valence-electron chi connectivity index (χ3n) is 1.22. The molecule has 0 bridgehead atoms. The number of carboxylic acid groups (broad SMARTS) is 1. The minimum Gasteiger partial charge on any atom is -0.480 e. The largest absolute Gasteiger partial charge is 0.480 e. The van der Waals surface area contributed by atoms with Crippen molar-refractivity contribution in [1.29, 1.82) is 0 Å². The maximum absolute atomic E-state index is 10.3. The van der Waals surface area contributed by atoms with Gasteiger partial charge in [0.05, 0.1) is 0 Å². The van der Waals surface area contributed by atoms with Crippen LogP contribution in [-0.2, 0) is 4.79 Å². The highest BCUT2D eigenvalue weighted by molar-refractivity contribution is 6.29. The molecule has 56 valence electrons. The van der Waals surface area contributed by atoms with E-state index in [1.54, 1.807) is 7.05 Å². The van der Waals surface area contributed by atoms with Crippen molar-refractivity contribution in [2.24, 2.45) is 0 Å². The summed E-state index contributed by atoms with van der Waals surface area (Å²) in [5, 5.41) is 10.3. The highest BCUT2D eigenvalue weighted by atomic mass is 35.5. The molecule has 4 nitrogen and oxygen atoms in total. The quantitative estimate of drug-likeness (QED) is 0.532. The number of hydrogen-bond acceptors (Lipinski definition) is 3. The fraction of sp³-hybridized carbons (Fsp3) is 0.400. The van der Waals surface area contributed by atoms with Crippen molar-refractivity contribution < 1.29 is 9.90 Å². The SMILES string of the molecule is CN1NC(C(=O)O)C=C1Cl. The number of carbonyl (C=O) groups is 1. The van der Waals surface area contributed by atoms with E-state index in [1.165, 1.54) is 11.1 Å². The summed E-state index contributed by atoms with van der Waals surface area (Å²) in [7, 11) is 1.65. The van der Waals surface area contributed by atoms with Crippen LogP contribution in [-0.4, -0.2) is 29.2 Å². The zero-order chi connectivity index (χ0) is 7.72. The molecule has 0 amide bonds. The van der Waals surface area contributed by atoms with Crippen LogP contribution in [0.3, 0.4) is 0 Å². The Morgan fingerprint density at radius 3 is 2.80 bits per heavy atom. The van der Waals surface area contributed by atoms with Gasteiger partial charge in [-0.25, -0.2) is 5.43 Å². The fourth-order valence-electron chi connectivity index (χ4n) is 0.683. The second kappa shape index (κ2) is 2.48. The van der Waals surface area contributed by atoms with Crippen LogP contribution < -0.4 is 5.43 Å². The van der Waals surface area contributed by atoms with Gasteiger partial charge in [-0.2, -0.15) is 0 Å². The number of nitrogens with one attached hydrogen (secondary N) is 1. The first kappa shape index (κ1) is 7.37. The molecule has 1 unspecified atom stereocenters. The second-order valence-electron chi connectivity index (χ2n) is 1.99. The van der Waals surface area contributed by atoms with E-state index in [1.807, 2.05) is 0 Å². The zero-order valence-electron chi connectivity index (χ0n) is 5.34. The van der Waals surface area contributed by atoms with Crippen LogP contribution >= 0.6 is 11.6 Å². The lowest BCUT2D eigenvalue weighted by Crippen LogP contribution is -2.38. The molecule has 1 heterocycles. The van der Waals surface area contributed by atoms with Gasteiger partial charge in [0.1, 0.15) is 11.2 Å². The maximum atomic E-state index is 10.3. The van der Waals surface area contributed by atoms with Crippen molar-refractivity contribution in [3.8, 4) is 0 Å². The van der Waals surface area contributed by atoms with E-state index in [4.69, 9.17) is 16.7 Å². The van der Waals surface area contributed by atoms with Gasteiger partial charge >= 0.3 is 5.97 Å². The maximum Gasteiger partial charge on any atom is 0.326 e. The molecule has 0 aliphatic carbocycles. The molecule has 10 heavy (non-hydrogen) atoms. The molecule has 0 radical (unpaired) electrons. The molecule has 1 atom stereocenters. The number of hydrazine groups is 1. The van der Waals surface area contributed by atoms with Crippen molar-refractivity contribution in [3.63, 3.8) is 0 Å². The molecule has 0 saturated heterocycles. The fourth-order valence-corrected chi connectivity index (χ4v) is 0.858. The Morgan fingerprint density at radius 2 is 2.60 bits per heavy atom. The molecule has 0 spiro atoms. The molecule has 2 N–H and O–H groups in total. The van der Waals surface area contributed by atoms with Gasteiger partial charge in [0.15, 0.2) is 0 Å².